The van der Waals surface area contributed by atoms with Gasteiger partial charge in [0.1, 0.15) is 0 Å². The Morgan fingerprint density at radius 3 is 3.00 bits per heavy atom. The van der Waals surface area contributed by atoms with Crippen LogP contribution in [0.25, 0.3) is 11.7 Å². The number of nitrogen functional groups attached to an aromatic ring is 1. The van der Waals surface area contributed by atoms with Crippen molar-refractivity contribution in [1.29, 1.82) is 0 Å². The third kappa shape index (κ3) is 3.76. The summed E-state index contributed by atoms with van der Waals surface area (Å²) in [6.07, 6.45) is 7.03. The van der Waals surface area contributed by atoms with Crippen LogP contribution in [-0.2, 0) is 0 Å². The second-order valence-electron chi connectivity index (χ2n) is 7.40. The van der Waals surface area contributed by atoms with Crippen LogP contribution in [0.3, 0.4) is 0 Å². The molecule has 2 aromatic rings. The minimum atomic E-state index is 0.0514. The van der Waals surface area contributed by atoms with E-state index in [2.05, 4.69) is 47.2 Å². The van der Waals surface area contributed by atoms with Gasteiger partial charge < -0.3 is 15.8 Å². The van der Waals surface area contributed by atoms with Crippen LogP contribution in [-0.4, -0.2) is 38.8 Å². The van der Waals surface area contributed by atoms with E-state index in [0.717, 1.165) is 38.0 Å². The number of rotatable bonds is 5. The van der Waals surface area contributed by atoms with E-state index in [1.807, 2.05) is 6.92 Å². The molecule has 0 bridgehead atoms. The molecule has 0 saturated carbocycles. The smallest absolute Gasteiger partial charge is 0.336 e. The van der Waals surface area contributed by atoms with Crippen molar-refractivity contribution >= 4 is 17.5 Å². The van der Waals surface area contributed by atoms with Crippen LogP contribution in [0.5, 0.6) is 6.01 Å². The molecule has 7 heteroatoms. The predicted molar refractivity (Wildman–Crippen MR) is 99.4 cm³/mol. The van der Waals surface area contributed by atoms with Crippen LogP contribution in [0.1, 0.15) is 52.7 Å². The lowest BCUT2D eigenvalue weighted by Gasteiger charge is -2.33. The van der Waals surface area contributed by atoms with E-state index < -0.39 is 0 Å². The van der Waals surface area contributed by atoms with Crippen LogP contribution in [0.15, 0.2) is 11.8 Å². The molecule has 3 rings (SSSR count). The molecular weight excluding hydrogens is 316 g/mol. The minimum absolute atomic E-state index is 0.0514. The van der Waals surface area contributed by atoms with Gasteiger partial charge in [-0.25, -0.2) is 9.50 Å². The lowest BCUT2D eigenvalue weighted by Crippen LogP contribution is -2.37. The summed E-state index contributed by atoms with van der Waals surface area (Å²) in [4.78, 5) is 8.63. The molecule has 0 unspecified atom stereocenters. The fraction of sp³-hybridized carbons (Fsp3) is 0.611. The number of anilines is 1. The summed E-state index contributed by atoms with van der Waals surface area (Å²) in [6, 6.07) is 0.299. The van der Waals surface area contributed by atoms with Gasteiger partial charge in [0.15, 0.2) is 11.5 Å². The summed E-state index contributed by atoms with van der Waals surface area (Å²) < 4.78 is 7.56. The minimum Gasteiger partial charge on any atom is -0.459 e. The highest BCUT2D eigenvalue weighted by Gasteiger charge is 2.26. The van der Waals surface area contributed by atoms with E-state index in [9.17, 15) is 0 Å². The molecule has 2 aromatic heterocycles. The zero-order chi connectivity index (χ0) is 18.0. The van der Waals surface area contributed by atoms with Gasteiger partial charge in [-0.3, -0.25) is 0 Å². The average molecular weight is 344 g/mol. The second-order valence-corrected chi connectivity index (χ2v) is 7.40. The van der Waals surface area contributed by atoms with Gasteiger partial charge in [0.25, 0.3) is 0 Å². The molecule has 0 radical (unpaired) electrons. The van der Waals surface area contributed by atoms with E-state index in [-0.39, 0.29) is 11.5 Å². The Balaban J connectivity index is 1.98. The molecule has 3 heterocycles. The first-order chi connectivity index (χ1) is 11.9. The molecule has 1 saturated heterocycles. The normalized spacial score (nSPS) is 20.1. The summed E-state index contributed by atoms with van der Waals surface area (Å²) in [5.74, 6) is 0.336. The molecule has 0 aliphatic carbocycles. The maximum atomic E-state index is 6.06. The Hall–Kier alpha value is -2.15. The van der Waals surface area contributed by atoms with Crippen molar-refractivity contribution < 1.29 is 4.74 Å². The standard InChI is InChI=1S/C18H28N6O/c1-5-6-12(2)25-17-22-15(19)16-21-10-14(24(16)23-17)9-13-7-8-20-11-18(13,3)4/h9-10,12,20H,5-8,11H2,1-4H3,(H2,19,22,23)/b13-9-/t12-/m0/s1. The Morgan fingerprint density at radius 1 is 1.48 bits per heavy atom. The topological polar surface area (TPSA) is 90.4 Å². The Kier molecular flexibility index (Phi) is 4.94. The molecule has 0 spiro atoms. The highest BCUT2D eigenvalue weighted by Crippen LogP contribution is 2.32. The fourth-order valence-corrected chi connectivity index (χ4v) is 3.22. The fourth-order valence-electron chi connectivity index (χ4n) is 3.22. The van der Waals surface area contributed by atoms with E-state index >= 15 is 0 Å². The van der Waals surface area contributed by atoms with Gasteiger partial charge in [0, 0.05) is 6.54 Å². The molecule has 1 atom stereocenters. The molecule has 0 aromatic carbocycles. The maximum absolute atomic E-state index is 6.06. The van der Waals surface area contributed by atoms with Gasteiger partial charge in [-0.1, -0.05) is 32.8 Å². The number of nitrogens with two attached hydrogens (primary N) is 1. The van der Waals surface area contributed by atoms with E-state index in [1.165, 1.54) is 5.57 Å². The summed E-state index contributed by atoms with van der Waals surface area (Å²) in [7, 11) is 0. The average Bonchev–Trinajstić information content (AvgIpc) is 2.93. The first-order valence-electron chi connectivity index (χ1n) is 9.00. The Labute approximate surface area is 148 Å². The Bertz CT molecular complexity index is 779. The number of imidazole rings is 1. The van der Waals surface area contributed by atoms with Crippen molar-refractivity contribution in [3.05, 3.63) is 17.5 Å². The van der Waals surface area contributed by atoms with Crippen LogP contribution in [0, 0.1) is 5.41 Å². The molecule has 136 valence electrons. The number of aromatic nitrogens is 4. The number of piperidine rings is 1. The SMILES string of the molecule is CCC[C@H](C)Oc1nc(N)c2ncc(/C=C3/CCNCC3(C)C)n2n1. The molecule has 3 N–H and O–H groups in total. The molecular formula is C18H28N6O. The first kappa shape index (κ1) is 17.7. The summed E-state index contributed by atoms with van der Waals surface area (Å²) in [6.45, 7) is 10.6. The Morgan fingerprint density at radius 2 is 2.28 bits per heavy atom. The third-order valence-electron chi connectivity index (χ3n) is 4.73. The lowest BCUT2D eigenvalue weighted by atomic mass is 9.79. The zero-order valence-electron chi connectivity index (χ0n) is 15.5. The highest BCUT2D eigenvalue weighted by atomic mass is 16.5. The number of nitrogens with zero attached hydrogens (tertiary/aromatic N) is 4. The van der Waals surface area contributed by atoms with Crippen molar-refractivity contribution in [3.8, 4) is 6.01 Å². The zero-order valence-corrected chi connectivity index (χ0v) is 15.5. The molecule has 1 fully saturated rings. The number of fused-ring (bicyclic) bond motifs is 1. The molecule has 1 aliphatic heterocycles. The third-order valence-corrected chi connectivity index (χ3v) is 4.73. The van der Waals surface area contributed by atoms with E-state index in [0.29, 0.717) is 17.5 Å². The quantitative estimate of drug-likeness (QED) is 0.866. The van der Waals surface area contributed by atoms with Crippen LogP contribution < -0.4 is 15.8 Å². The number of nitrogens with one attached hydrogen (secondary N) is 1. The summed E-state index contributed by atoms with van der Waals surface area (Å²) in [5.41, 5.74) is 9.02. The van der Waals surface area contributed by atoms with Gasteiger partial charge in [-0.15, -0.1) is 5.10 Å². The van der Waals surface area contributed by atoms with Gasteiger partial charge >= 0.3 is 6.01 Å². The number of hydrogen-bond donors (Lipinski definition) is 2. The van der Waals surface area contributed by atoms with Crippen LogP contribution >= 0.6 is 0 Å². The van der Waals surface area contributed by atoms with Crippen LogP contribution in [0.2, 0.25) is 0 Å². The van der Waals surface area contributed by atoms with Gasteiger partial charge in [-0.2, -0.15) is 4.98 Å². The first-order valence-corrected chi connectivity index (χ1v) is 9.00. The molecule has 25 heavy (non-hydrogen) atoms. The van der Waals surface area contributed by atoms with Gasteiger partial charge in [-0.05, 0) is 37.8 Å². The molecule has 7 nitrogen and oxygen atoms in total. The number of hydrogen-bond acceptors (Lipinski definition) is 6. The predicted octanol–water partition coefficient (Wildman–Crippen LogP) is 2.68. The van der Waals surface area contributed by atoms with Crippen molar-refractivity contribution in [2.24, 2.45) is 5.41 Å². The van der Waals surface area contributed by atoms with Gasteiger partial charge in [0.05, 0.1) is 18.0 Å². The van der Waals surface area contributed by atoms with Crippen molar-refractivity contribution in [2.45, 2.75) is 53.1 Å². The largest absolute Gasteiger partial charge is 0.459 e. The highest BCUT2D eigenvalue weighted by molar-refractivity contribution is 5.64. The van der Waals surface area contributed by atoms with Crippen LogP contribution in [0.4, 0.5) is 5.82 Å². The lowest BCUT2D eigenvalue weighted by molar-refractivity contribution is 0.189. The second kappa shape index (κ2) is 7.00. The summed E-state index contributed by atoms with van der Waals surface area (Å²) >= 11 is 0. The van der Waals surface area contributed by atoms with Crippen molar-refractivity contribution in [1.82, 2.24) is 24.9 Å². The maximum Gasteiger partial charge on any atom is 0.336 e. The molecule has 0 amide bonds. The molecule has 1 aliphatic rings. The van der Waals surface area contributed by atoms with Crippen molar-refractivity contribution in [2.75, 3.05) is 18.8 Å². The van der Waals surface area contributed by atoms with E-state index in [1.54, 1.807) is 10.7 Å². The number of ether oxygens (including phenoxy) is 1. The van der Waals surface area contributed by atoms with E-state index in [4.69, 9.17) is 10.5 Å². The summed E-state index contributed by atoms with van der Waals surface area (Å²) in [5, 5.41) is 7.96. The van der Waals surface area contributed by atoms with Crippen molar-refractivity contribution in [3.63, 3.8) is 0 Å². The van der Waals surface area contributed by atoms with Gasteiger partial charge in [0.2, 0.25) is 0 Å². The monoisotopic (exact) mass is 344 g/mol.